The Morgan fingerprint density at radius 1 is 0.880 bits per heavy atom. The molecule has 2 saturated carbocycles. The zero-order valence-corrected chi connectivity index (χ0v) is 15.8. The molecule has 1 spiro atoms. The summed E-state index contributed by atoms with van der Waals surface area (Å²) in [5, 5.41) is 0. The fraction of sp³-hybridized carbons (Fsp3) is 0.727. The topological polar surface area (TPSA) is 27.7 Å². The average molecular weight is 344 g/mol. The molecule has 1 aromatic carbocycles. The summed E-state index contributed by atoms with van der Waals surface area (Å²) in [6.45, 7) is 7.61. The van der Waals surface area contributed by atoms with Crippen molar-refractivity contribution in [3.63, 3.8) is 0 Å². The number of rotatable bonds is 3. The van der Waals surface area contributed by atoms with Gasteiger partial charge in [-0.05, 0) is 30.2 Å². The van der Waals surface area contributed by atoms with Gasteiger partial charge in [0.05, 0.1) is 24.9 Å². The normalized spacial score (nSPS) is 40.1. The molecule has 0 aromatic heterocycles. The summed E-state index contributed by atoms with van der Waals surface area (Å²) in [5.41, 5.74) is 1.24. The highest BCUT2D eigenvalue weighted by atomic mass is 16.8. The number of hydrogen-bond donors (Lipinski definition) is 0. The fourth-order valence-corrected chi connectivity index (χ4v) is 5.13. The minimum atomic E-state index is -0.301. The monoisotopic (exact) mass is 344 g/mol. The van der Waals surface area contributed by atoms with Crippen LogP contribution in [0.25, 0.3) is 0 Å². The lowest BCUT2D eigenvalue weighted by Crippen LogP contribution is -2.52. The summed E-state index contributed by atoms with van der Waals surface area (Å²) >= 11 is 0. The van der Waals surface area contributed by atoms with Crippen LogP contribution < -0.4 is 0 Å². The third kappa shape index (κ3) is 3.27. The Kier molecular flexibility index (Phi) is 4.91. The minimum Gasteiger partial charge on any atom is -0.373 e. The Hall–Kier alpha value is -0.900. The van der Waals surface area contributed by atoms with Crippen molar-refractivity contribution in [2.45, 2.75) is 83.6 Å². The van der Waals surface area contributed by atoms with Gasteiger partial charge in [-0.15, -0.1) is 0 Å². The SMILES string of the molecule is CC1C2OC3(CCCCC3)O[C@@H]2[C@H](C)C(OCc2ccccc2)[C@@H]1C. The van der Waals surface area contributed by atoms with E-state index in [1.165, 1.54) is 24.8 Å². The summed E-state index contributed by atoms with van der Waals surface area (Å²) in [4.78, 5) is 0. The average Bonchev–Trinajstić information content (AvgIpc) is 3.00. The van der Waals surface area contributed by atoms with Gasteiger partial charge < -0.3 is 14.2 Å². The molecule has 3 aliphatic rings. The Balaban J connectivity index is 1.47. The predicted octanol–water partition coefficient (Wildman–Crippen LogP) is 4.94. The Labute approximate surface area is 152 Å². The van der Waals surface area contributed by atoms with Crippen LogP contribution in [0.3, 0.4) is 0 Å². The van der Waals surface area contributed by atoms with Crippen molar-refractivity contribution in [1.82, 2.24) is 0 Å². The van der Waals surface area contributed by atoms with E-state index in [2.05, 4.69) is 51.1 Å². The lowest BCUT2D eigenvalue weighted by Gasteiger charge is -2.44. The van der Waals surface area contributed by atoms with Crippen LogP contribution in [0.1, 0.15) is 58.4 Å². The summed E-state index contributed by atoms with van der Waals surface area (Å²) in [6.07, 6.45) is 6.50. The molecule has 25 heavy (non-hydrogen) atoms. The molecule has 4 rings (SSSR count). The molecule has 3 fully saturated rings. The Morgan fingerprint density at radius 3 is 2.20 bits per heavy atom. The van der Waals surface area contributed by atoms with Crippen molar-refractivity contribution in [3.05, 3.63) is 35.9 Å². The van der Waals surface area contributed by atoms with E-state index < -0.39 is 0 Å². The van der Waals surface area contributed by atoms with Crippen LogP contribution in [0.4, 0.5) is 0 Å². The van der Waals surface area contributed by atoms with E-state index in [-0.39, 0.29) is 24.1 Å². The van der Waals surface area contributed by atoms with Gasteiger partial charge in [-0.1, -0.05) is 57.5 Å². The molecule has 1 saturated heterocycles. The zero-order chi connectivity index (χ0) is 17.4. The summed E-state index contributed by atoms with van der Waals surface area (Å²) in [5.74, 6) is 0.997. The standard InChI is InChI=1S/C22H32O3/c1-15-16(2)20-21(25-22(24-20)12-8-5-9-13-22)17(3)19(15)23-14-18-10-6-4-7-11-18/h4,6-7,10-11,15-17,19-21H,5,8-9,12-14H2,1-3H3/t15-,16?,17-,19?,20?,21-/m1/s1. The quantitative estimate of drug-likeness (QED) is 0.777. The van der Waals surface area contributed by atoms with Gasteiger partial charge in [-0.25, -0.2) is 0 Å². The highest BCUT2D eigenvalue weighted by Gasteiger charge is 2.57. The van der Waals surface area contributed by atoms with E-state index in [1.54, 1.807) is 0 Å². The molecule has 0 amide bonds. The first-order valence-corrected chi connectivity index (χ1v) is 10.1. The molecule has 3 nitrogen and oxygen atoms in total. The number of ether oxygens (including phenoxy) is 3. The molecule has 6 atom stereocenters. The van der Waals surface area contributed by atoms with Crippen LogP contribution >= 0.6 is 0 Å². The van der Waals surface area contributed by atoms with E-state index in [4.69, 9.17) is 14.2 Å². The first kappa shape index (κ1) is 17.5. The Morgan fingerprint density at radius 2 is 1.52 bits per heavy atom. The molecule has 3 heteroatoms. The molecule has 0 bridgehead atoms. The van der Waals surface area contributed by atoms with Crippen molar-refractivity contribution < 1.29 is 14.2 Å². The highest BCUT2D eigenvalue weighted by molar-refractivity contribution is 5.13. The molecule has 1 aromatic rings. The molecule has 2 aliphatic carbocycles. The van der Waals surface area contributed by atoms with Gasteiger partial charge >= 0.3 is 0 Å². The molecular weight excluding hydrogens is 312 g/mol. The third-order valence-electron chi connectivity index (χ3n) is 6.83. The second-order valence-corrected chi connectivity index (χ2v) is 8.47. The van der Waals surface area contributed by atoms with Gasteiger partial charge in [-0.2, -0.15) is 0 Å². The highest BCUT2D eigenvalue weighted by Crippen LogP contribution is 2.50. The second-order valence-electron chi connectivity index (χ2n) is 8.47. The number of hydrogen-bond acceptors (Lipinski definition) is 3. The first-order chi connectivity index (χ1) is 12.1. The molecule has 3 unspecified atom stereocenters. The van der Waals surface area contributed by atoms with Gasteiger partial charge in [0.25, 0.3) is 0 Å². The molecule has 0 N–H and O–H groups in total. The van der Waals surface area contributed by atoms with Crippen LogP contribution in [0.15, 0.2) is 30.3 Å². The van der Waals surface area contributed by atoms with Gasteiger partial charge in [0.2, 0.25) is 0 Å². The summed E-state index contributed by atoms with van der Waals surface area (Å²) < 4.78 is 19.6. The molecule has 1 aliphatic heterocycles. The molecule has 138 valence electrons. The van der Waals surface area contributed by atoms with Crippen molar-refractivity contribution in [1.29, 1.82) is 0 Å². The second kappa shape index (κ2) is 7.02. The maximum Gasteiger partial charge on any atom is 0.169 e. The van der Waals surface area contributed by atoms with E-state index in [1.807, 2.05) is 0 Å². The zero-order valence-electron chi connectivity index (χ0n) is 15.8. The van der Waals surface area contributed by atoms with Crippen molar-refractivity contribution in [3.8, 4) is 0 Å². The third-order valence-corrected chi connectivity index (χ3v) is 6.83. The molecule has 1 heterocycles. The number of benzene rings is 1. The lowest BCUT2D eigenvalue weighted by molar-refractivity contribution is -0.198. The van der Waals surface area contributed by atoms with Crippen molar-refractivity contribution >= 4 is 0 Å². The van der Waals surface area contributed by atoms with E-state index in [0.29, 0.717) is 24.4 Å². The smallest absolute Gasteiger partial charge is 0.169 e. The van der Waals surface area contributed by atoms with Crippen LogP contribution in [-0.4, -0.2) is 24.1 Å². The molecular formula is C22H32O3. The maximum atomic E-state index is 6.60. The summed E-state index contributed by atoms with van der Waals surface area (Å²) in [6, 6.07) is 10.5. The first-order valence-electron chi connectivity index (χ1n) is 10.1. The summed E-state index contributed by atoms with van der Waals surface area (Å²) in [7, 11) is 0. The van der Waals surface area contributed by atoms with Crippen LogP contribution in [-0.2, 0) is 20.8 Å². The largest absolute Gasteiger partial charge is 0.373 e. The predicted molar refractivity (Wildman–Crippen MR) is 98.1 cm³/mol. The Bertz CT molecular complexity index is 566. The van der Waals surface area contributed by atoms with Gasteiger partial charge in [0.1, 0.15) is 0 Å². The lowest BCUT2D eigenvalue weighted by atomic mass is 9.70. The fourth-order valence-electron chi connectivity index (χ4n) is 5.13. The maximum absolute atomic E-state index is 6.60. The van der Waals surface area contributed by atoms with Gasteiger partial charge in [0.15, 0.2) is 5.79 Å². The van der Waals surface area contributed by atoms with Crippen molar-refractivity contribution in [2.75, 3.05) is 0 Å². The van der Waals surface area contributed by atoms with Crippen molar-refractivity contribution in [2.24, 2.45) is 17.8 Å². The minimum absolute atomic E-state index is 0.171. The van der Waals surface area contributed by atoms with Gasteiger partial charge in [-0.3, -0.25) is 0 Å². The van der Waals surface area contributed by atoms with Crippen LogP contribution in [0.2, 0.25) is 0 Å². The van der Waals surface area contributed by atoms with E-state index in [0.717, 1.165) is 12.8 Å². The van der Waals surface area contributed by atoms with Crippen LogP contribution in [0.5, 0.6) is 0 Å². The number of fused-ring (bicyclic) bond motifs is 1. The van der Waals surface area contributed by atoms with Crippen LogP contribution in [0, 0.1) is 17.8 Å². The van der Waals surface area contributed by atoms with Gasteiger partial charge in [0, 0.05) is 18.8 Å². The van der Waals surface area contributed by atoms with E-state index >= 15 is 0 Å². The molecule has 0 radical (unpaired) electrons. The van der Waals surface area contributed by atoms with E-state index in [9.17, 15) is 0 Å².